The van der Waals surface area contributed by atoms with Crippen molar-refractivity contribution in [1.29, 1.82) is 0 Å². The summed E-state index contributed by atoms with van der Waals surface area (Å²) in [5.41, 5.74) is 0.977. The highest BCUT2D eigenvalue weighted by Crippen LogP contribution is 2.27. The molecular formula is C15H19IO7S. The van der Waals surface area contributed by atoms with Crippen molar-refractivity contribution < 1.29 is 31.5 Å². The molecule has 2 fully saturated rings. The number of aryl methyl sites for hydroxylation is 1. The highest BCUT2D eigenvalue weighted by Gasteiger charge is 2.44. The molecule has 24 heavy (non-hydrogen) atoms. The molecule has 2 aliphatic heterocycles. The van der Waals surface area contributed by atoms with Crippen LogP contribution in [-0.4, -0.2) is 57.5 Å². The highest BCUT2D eigenvalue weighted by atomic mass is 127. The summed E-state index contributed by atoms with van der Waals surface area (Å²) in [6.07, 6.45) is -1.34. The van der Waals surface area contributed by atoms with Crippen molar-refractivity contribution >= 4 is 32.7 Å². The molecule has 0 aromatic heterocycles. The summed E-state index contributed by atoms with van der Waals surface area (Å²) in [4.78, 5) is 0.120. The van der Waals surface area contributed by atoms with Crippen molar-refractivity contribution in [3.8, 4) is 0 Å². The fourth-order valence-corrected chi connectivity index (χ4v) is 4.31. The maximum Gasteiger partial charge on any atom is 0.297 e. The van der Waals surface area contributed by atoms with E-state index in [-0.39, 0.29) is 37.3 Å². The van der Waals surface area contributed by atoms with E-state index in [1.807, 2.05) is 6.92 Å². The summed E-state index contributed by atoms with van der Waals surface area (Å²) >= 11 is 2.22. The predicted molar refractivity (Wildman–Crippen MR) is 92.4 cm³/mol. The molecule has 2 heterocycles. The molecule has 0 amide bonds. The lowest BCUT2D eigenvalue weighted by molar-refractivity contribution is -0.320. The Hall–Kier alpha value is -0.300. The van der Waals surface area contributed by atoms with Gasteiger partial charge in [0.15, 0.2) is 0 Å². The molecule has 0 aliphatic carbocycles. The minimum Gasteiger partial charge on any atom is -0.349 e. The molecular weight excluding hydrogens is 451 g/mol. The van der Waals surface area contributed by atoms with Crippen molar-refractivity contribution in [1.82, 2.24) is 0 Å². The number of hydrogen-bond donors (Lipinski definition) is 0. The topological polar surface area (TPSA) is 80.3 Å². The minimum atomic E-state index is -3.84. The summed E-state index contributed by atoms with van der Waals surface area (Å²) in [5.74, 6) is 0. The lowest BCUT2D eigenvalue weighted by Gasteiger charge is -2.43. The Kier molecular flexibility index (Phi) is 6.11. The zero-order chi connectivity index (χ0) is 17.2. The third-order valence-corrected chi connectivity index (χ3v) is 6.16. The van der Waals surface area contributed by atoms with Crippen LogP contribution in [0.3, 0.4) is 0 Å². The lowest BCUT2D eigenvalue weighted by atomic mass is 10.0. The quantitative estimate of drug-likeness (QED) is 0.368. The van der Waals surface area contributed by atoms with Gasteiger partial charge in [0.2, 0.25) is 0 Å². The Balaban J connectivity index is 1.66. The van der Waals surface area contributed by atoms with E-state index >= 15 is 0 Å². The van der Waals surface area contributed by atoms with Crippen LogP contribution in [-0.2, 0) is 33.2 Å². The second kappa shape index (κ2) is 7.94. The van der Waals surface area contributed by atoms with Gasteiger partial charge in [-0.3, -0.25) is 4.18 Å². The lowest BCUT2D eigenvalue weighted by Crippen LogP contribution is -2.58. The number of rotatable bonds is 5. The molecule has 0 spiro atoms. The van der Waals surface area contributed by atoms with Crippen LogP contribution < -0.4 is 0 Å². The molecule has 9 heteroatoms. The van der Waals surface area contributed by atoms with E-state index in [9.17, 15) is 8.42 Å². The van der Waals surface area contributed by atoms with Gasteiger partial charge in [0.1, 0.15) is 31.9 Å². The summed E-state index contributed by atoms with van der Waals surface area (Å²) in [7, 11) is -3.84. The average Bonchev–Trinajstić information content (AvgIpc) is 2.59. The molecule has 4 atom stereocenters. The summed E-state index contributed by atoms with van der Waals surface area (Å²) in [6.45, 7) is 1.94. The van der Waals surface area contributed by atoms with Gasteiger partial charge in [-0.2, -0.15) is 8.42 Å². The van der Waals surface area contributed by atoms with E-state index in [0.717, 1.165) is 9.99 Å². The molecule has 134 valence electrons. The van der Waals surface area contributed by atoms with Crippen LogP contribution in [0.2, 0.25) is 0 Å². The molecule has 0 N–H and O–H groups in total. The first-order valence-corrected chi connectivity index (χ1v) is 10.4. The fourth-order valence-electron chi connectivity index (χ4n) is 2.63. The first-order chi connectivity index (χ1) is 11.5. The number of halogens is 1. The summed E-state index contributed by atoms with van der Waals surface area (Å²) in [5, 5.41) is 0. The van der Waals surface area contributed by atoms with Gasteiger partial charge in [0.05, 0.1) is 17.6 Å². The first-order valence-electron chi connectivity index (χ1n) is 7.50. The smallest absolute Gasteiger partial charge is 0.297 e. The van der Waals surface area contributed by atoms with Crippen molar-refractivity contribution in [2.24, 2.45) is 0 Å². The molecule has 0 saturated carbocycles. The first kappa shape index (κ1) is 18.5. The number of benzene rings is 1. The Bertz CT molecular complexity index is 648. The molecule has 1 aromatic rings. The van der Waals surface area contributed by atoms with E-state index in [4.69, 9.17) is 23.1 Å². The fraction of sp³-hybridized carbons (Fsp3) is 0.600. The molecule has 0 radical (unpaired) electrons. The van der Waals surface area contributed by atoms with Crippen LogP contribution in [0.15, 0.2) is 29.2 Å². The number of fused-ring (bicyclic) bond motifs is 1. The molecule has 3 rings (SSSR count). The minimum absolute atomic E-state index is 0.0552. The van der Waals surface area contributed by atoms with Gasteiger partial charge < -0.3 is 18.9 Å². The maximum atomic E-state index is 12.3. The molecule has 0 unspecified atom stereocenters. The third-order valence-electron chi connectivity index (χ3n) is 3.99. The van der Waals surface area contributed by atoms with Gasteiger partial charge in [-0.05, 0) is 19.1 Å². The van der Waals surface area contributed by atoms with Gasteiger partial charge in [-0.25, -0.2) is 0 Å². The van der Waals surface area contributed by atoms with Gasteiger partial charge in [0, 0.05) is 4.43 Å². The Morgan fingerprint density at radius 2 is 1.62 bits per heavy atom. The van der Waals surface area contributed by atoms with E-state index in [1.165, 1.54) is 12.1 Å². The molecule has 2 saturated heterocycles. The van der Waals surface area contributed by atoms with Crippen LogP contribution in [0.4, 0.5) is 0 Å². The second-order valence-corrected chi connectivity index (χ2v) is 8.11. The Morgan fingerprint density at radius 3 is 2.25 bits per heavy atom. The molecule has 7 nitrogen and oxygen atoms in total. The standard InChI is InChI=1S/C15H19IO7S/c1-10-2-4-11(5-3-10)24(17,18)23-7-13-15-14(21-9-20-13)12(6-16)19-8-22-15/h2-5,12-15H,6-9H2,1H3/t12-,13-,14+,15+/m0/s1. The van der Waals surface area contributed by atoms with Crippen molar-refractivity contribution in [2.45, 2.75) is 36.2 Å². The van der Waals surface area contributed by atoms with E-state index in [2.05, 4.69) is 22.6 Å². The van der Waals surface area contributed by atoms with Crippen LogP contribution in [0, 0.1) is 6.92 Å². The molecule has 1 aromatic carbocycles. The normalized spacial score (nSPS) is 30.8. The highest BCUT2D eigenvalue weighted by molar-refractivity contribution is 14.1. The summed E-state index contributed by atoms with van der Waals surface area (Å²) < 4.78 is 52.6. The van der Waals surface area contributed by atoms with Crippen LogP contribution in [0.25, 0.3) is 0 Å². The van der Waals surface area contributed by atoms with Gasteiger partial charge >= 0.3 is 0 Å². The van der Waals surface area contributed by atoms with Crippen molar-refractivity contribution in [3.05, 3.63) is 29.8 Å². The second-order valence-electron chi connectivity index (χ2n) is 5.61. The SMILES string of the molecule is Cc1ccc(S(=O)(=O)OC[C@@H]2OCO[C@H]3[C@@H]2OCO[C@H]3CI)cc1. The predicted octanol–water partition coefficient (Wildman–Crippen LogP) is 1.62. The summed E-state index contributed by atoms with van der Waals surface area (Å²) in [6, 6.07) is 6.50. The Morgan fingerprint density at radius 1 is 1.04 bits per heavy atom. The third kappa shape index (κ3) is 4.09. The van der Waals surface area contributed by atoms with Crippen LogP contribution in [0.1, 0.15) is 5.56 Å². The molecule has 2 aliphatic rings. The zero-order valence-corrected chi connectivity index (χ0v) is 16.1. The average molecular weight is 470 g/mol. The van der Waals surface area contributed by atoms with Crippen molar-refractivity contribution in [2.75, 3.05) is 24.6 Å². The largest absolute Gasteiger partial charge is 0.349 e. The maximum absolute atomic E-state index is 12.3. The Labute approximate surface area is 154 Å². The van der Waals surface area contributed by atoms with Crippen LogP contribution in [0.5, 0.6) is 0 Å². The number of ether oxygens (including phenoxy) is 4. The van der Waals surface area contributed by atoms with E-state index < -0.39 is 22.3 Å². The van der Waals surface area contributed by atoms with Gasteiger partial charge in [-0.15, -0.1) is 0 Å². The number of hydrogen-bond acceptors (Lipinski definition) is 7. The zero-order valence-electron chi connectivity index (χ0n) is 13.1. The van der Waals surface area contributed by atoms with Crippen molar-refractivity contribution in [3.63, 3.8) is 0 Å². The van der Waals surface area contributed by atoms with E-state index in [0.29, 0.717) is 0 Å². The monoisotopic (exact) mass is 470 g/mol. The van der Waals surface area contributed by atoms with Gasteiger partial charge in [0.25, 0.3) is 10.1 Å². The van der Waals surface area contributed by atoms with Crippen LogP contribution >= 0.6 is 22.6 Å². The van der Waals surface area contributed by atoms with E-state index in [1.54, 1.807) is 12.1 Å². The molecule has 0 bridgehead atoms. The number of alkyl halides is 1. The van der Waals surface area contributed by atoms with Gasteiger partial charge in [-0.1, -0.05) is 40.3 Å².